The van der Waals surface area contributed by atoms with Crippen LogP contribution in [0.15, 0.2) is 0 Å². The van der Waals surface area contributed by atoms with E-state index in [4.69, 9.17) is 0 Å². The van der Waals surface area contributed by atoms with Gasteiger partial charge in [0.1, 0.15) is 0 Å². The molecule has 94 valence electrons. The van der Waals surface area contributed by atoms with E-state index < -0.39 is 0 Å². The van der Waals surface area contributed by atoms with Crippen molar-refractivity contribution in [3.8, 4) is 0 Å². The SMILES string of the molecule is CCC(C)N(C)CCC1CC2CCC(C1)N2. The second kappa shape index (κ2) is 5.50. The van der Waals surface area contributed by atoms with E-state index in [1.807, 2.05) is 0 Å². The summed E-state index contributed by atoms with van der Waals surface area (Å²) in [5, 5.41) is 3.73. The zero-order valence-corrected chi connectivity index (χ0v) is 11.2. The molecular weight excluding hydrogens is 196 g/mol. The number of hydrogen-bond acceptors (Lipinski definition) is 2. The largest absolute Gasteiger partial charge is 0.311 e. The summed E-state index contributed by atoms with van der Waals surface area (Å²) in [5.74, 6) is 0.991. The lowest BCUT2D eigenvalue weighted by molar-refractivity contribution is 0.206. The van der Waals surface area contributed by atoms with Gasteiger partial charge in [-0.15, -0.1) is 0 Å². The van der Waals surface area contributed by atoms with E-state index in [1.54, 1.807) is 0 Å². The summed E-state index contributed by atoms with van der Waals surface area (Å²) in [6.45, 7) is 5.91. The van der Waals surface area contributed by atoms with Gasteiger partial charge in [0.15, 0.2) is 0 Å². The van der Waals surface area contributed by atoms with Crippen LogP contribution in [0.5, 0.6) is 0 Å². The first kappa shape index (κ1) is 12.4. The van der Waals surface area contributed by atoms with Gasteiger partial charge in [0, 0.05) is 18.1 Å². The molecular formula is C14H28N2. The summed E-state index contributed by atoms with van der Waals surface area (Å²) in [4.78, 5) is 2.53. The van der Waals surface area contributed by atoms with E-state index in [1.165, 1.54) is 45.1 Å². The van der Waals surface area contributed by atoms with Gasteiger partial charge in [-0.3, -0.25) is 0 Å². The summed E-state index contributed by atoms with van der Waals surface area (Å²) < 4.78 is 0. The van der Waals surface area contributed by atoms with E-state index in [0.29, 0.717) is 0 Å². The predicted molar refractivity (Wildman–Crippen MR) is 69.7 cm³/mol. The highest BCUT2D eigenvalue weighted by atomic mass is 15.1. The van der Waals surface area contributed by atoms with Gasteiger partial charge in [-0.1, -0.05) is 6.92 Å². The summed E-state index contributed by atoms with van der Waals surface area (Å²) in [6.07, 6.45) is 8.42. The second-order valence-electron chi connectivity index (χ2n) is 6.00. The van der Waals surface area contributed by atoms with Gasteiger partial charge in [0.25, 0.3) is 0 Å². The molecule has 3 unspecified atom stereocenters. The van der Waals surface area contributed by atoms with Crippen molar-refractivity contribution in [2.45, 2.75) is 70.5 Å². The first-order chi connectivity index (χ1) is 7.69. The second-order valence-corrected chi connectivity index (χ2v) is 6.00. The van der Waals surface area contributed by atoms with Gasteiger partial charge < -0.3 is 10.2 Å². The minimum atomic E-state index is 0.749. The fourth-order valence-corrected chi connectivity index (χ4v) is 3.33. The zero-order valence-electron chi connectivity index (χ0n) is 11.2. The Morgan fingerprint density at radius 3 is 2.44 bits per heavy atom. The number of hydrogen-bond donors (Lipinski definition) is 1. The maximum Gasteiger partial charge on any atom is 0.00728 e. The first-order valence-corrected chi connectivity index (χ1v) is 7.15. The van der Waals surface area contributed by atoms with Crippen molar-refractivity contribution in [3.63, 3.8) is 0 Å². The molecule has 0 radical (unpaired) electrons. The van der Waals surface area contributed by atoms with Crippen LogP contribution in [0.4, 0.5) is 0 Å². The Bertz CT molecular complexity index is 205. The lowest BCUT2D eigenvalue weighted by Gasteiger charge is -2.31. The van der Waals surface area contributed by atoms with Crippen LogP contribution in [0.1, 0.15) is 52.4 Å². The zero-order chi connectivity index (χ0) is 11.5. The van der Waals surface area contributed by atoms with Gasteiger partial charge >= 0.3 is 0 Å². The van der Waals surface area contributed by atoms with E-state index in [9.17, 15) is 0 Å². The molecule has 0 aliphatic carbocycles. The van der Waals surface area contributed by atoms with E-state index in [-0.39, 0.29) is 0 Å². The molecule has 0 aromatic carbocycles. The molecule has 2 heterocycles. The van der Waals surface area contributed by atoms with Crippen LogP contribution in [0.25, 0.3) is 0 Å². The lowest BCUT2D eigenvalue weighted by Crippen LogP contribution is -2.39. The smallest absolute Gasteiger partial charge is 0.00728 e. The molecule has 3 atom stereocenters. The van der Waals surface area contributed by atoms with Crippen molar-refractivity contribution in [1.29, 1.82) is 0 Å². The van der Waals surface area contributed by atoms with Gasteiger partial charge in [-0.25, -0.2) is 0 Å². The number of rotatable bonds is 5. The molecule has 2 heteroatoms. The van der Waals surface area contributed by atoms with Crippen LogP contribution in [0.3, 0.4) is 0 Å². The highest BCUT2D eigenvalue weighted by Gasteiger charge is 2.33. The van der Waals surface area contributed by atoms with E-state index in [0.717, 1.165) is 24.0 Å². The maximum atomic E-state index is 3.73. The van der Waals surface area contributed by atoms with Crippen LogP contribution in [-0.2, 0) is 0 Å². The highest BCUT2D eigenvalue weighted by Crippen LogP contribution is 2.32. The summed E-state index contributed by atoms with van der Waals surface area (Å²) >= 11 is 0. The molecule has 2 saturated heterocycles. The van der Waals surface area contributed by atoms with Crippen LogP contribution in [-0.4, -0.2) is 36.6 Å². The normalized spacial score (nSPS) is 35.6. The molecule has 2 aliphatic heterocycles. The quantitative estimate of drug-likeness (QED) is 0.772. The molecule has 0 spiro atoms. The van der Waals surface area contributed by atoms with Crippen molar-refractivity contribution >= 4 is 0 Å². The van der Waals surface area contributed by atoms with Crippen molar-refractivity contribution in [3.05, 3.63) is 0 Å². The van der Waals surface area contributed by atoms with E-state index >= 15 is 0 Å². The van der Waals surface area contributed by atoms with Gasteiger partial charge in [-0.2, -0.15) is 0 Å². The fourth-order valence-electron chi connectivity index (χ4n) is 3.33. The van der Waals surface area contributed by atoms with Crippen LogP contribution < -0.4 is 5.32 Å². The molecule has 2 rings (SSSR count). The topological polar surface area (TPSA) is 15.3 Å². The standard InChI is InChI=1S/C14H28N2/c1-4-11(2)16(3)8-7-12-9-13-5-6-14(10-12)15-13/h11-15H,4-10H2,1-3H3. The van der Waals surface area contributed by atoms with Crippen LogP contribution in [0.2, 0.25) is 0 Å². The van der Waals surface area contributed by atoms with Crippen molar-refractivity contribution in [2.75, 3.05) is 13.6 Å². The Kier molecular flexibility index (Phi) is 4.26. The lowest BCUT2D eigenvalue weighted by atomic mass is 9.89. The molecule has 0 aromatic heterocycles. The Morgan fingerprint density at radius 2 is 1.88 bits per heavy atom. The van der Waals surface area contributed by atoms with Crippen molar-refractivity contribution < 1.29 is 0 Å². The third-order valence-electron chi connectivity index (χ3n) is 4.80. The molecule has 0 amide bonds. The van der Waals surface area contributed by atoms with Crippen LogP contribution in [0, 0.1) is 5.92 Å². The third kappa shape index (κ3) is 2.98. The summed E-state index contributed by atoms with van der Waals surface area (Å²) in [6, 6.07) is 2.47. The minimum Gasteiger partial charge on any atom is -0.311 e. The number of nitrogens with one attached hydrogen (secondary N) is 1. The summed E-state index contributed by atoms with van der Waals surface area (Å²) in [7, 11) is 2.28. The minimum absolute atomic E-state index is 0.749. The molecule has 0 saturated carbocycles. The Morgan fingerprint density at radius 1 is 1.25 bits per heavy atom. The fraction of sp³-hybridized carbons (Fsp3) is 1.00. The van der Waals surface area contributed by atoms with Crippen molar-refractivity contribution in [2.24, 2.45) is 5.92 Å². The average molecular weight is 224 g/mol. The average Bonchev–Trinajstić information content (AvgIpc) is 2.64. The third-order valence-corrected chi connectivity index (χ3v) is 4.80. The predicted octanol–water partition coefficient (Wildman–Crippen LogP) is 2.64. The number of piperidine rings is 1. The molecule has 1 N–H and O–H groups in total. The molecule has 0 aromatic rings. The van der Waals surface area contributed by atoms with Crippen molar-refractivity contribution in [1.82, 2.24) is 10.2 Å². The van der Waals surface area contributed by atoms with Gasteiger partial charge in [-0.05, 0) is 65.0 Å². The highest BCUT2D eigenvalue weighted by molar-refractivity contribution is 4.92. The maximum absolute atomic E-state index is 3.73. The number of nitrogens with zero attached hydrogens (tertiary/aromatic N) is 1. The molecule has 2 aliphatic rings. The Labute approximate surface area is 101 Å². The van der Waals surface area contributed by atoms with Crippen LogP contribution >= 0.6 is 0 Å². The van der Waals surface area contributed by atoms with E-state index in [2.05, 4.69) is 31.1 Å². The molecule has 2 nitrogen and oxygen atoms in total. The van der Waals surface area contributed by atoms with Gasteiger partial charge in [0.05, 0.1) is 0 Å². The Balaban J connectivity index is 1.70. The first-order valence-electron chi connectivity index (χ1n) is 7.15. The van der Waals surface area contributed by atoms with Gasteiger partial charge in [0.2, 0.25) is 0 Å². The Hall–Kier alpha value is -0.0800. The summed E-state index contributed by atoms with van der Waals surface area (Å²) in [5.41, 5.74) is 0. The molecule has 2 fully saturated rings. The number of fused-ring (bicyclic) bond motifs is 2. The molecule has 16 heavy (non-hydrogen) atoms. The monoisotopic (exact) mass is 224 g/mol. The molecule has 2 bridgehead atoms.